The average Bonchev–Trinajstić information content (AvgIpc) is 2.84. The molecule has 0 N–H and O–H groups in total. The minimum absolute atomic E-state index is 0.0270. The molecule has 1 aromatic heterocycles. The summed E-state index contributed by atoms with van der Waals surface area (Å²) in [5.74, 6) is 1.01. The molecule has 0 radical (unpaired) electrons. The van der Waals surface area contributed by atoms with Gasteiger partial charge in [0.15, 0.2) is 0 Å². The van der Waals surface area contributed by atoms with Crippen LogP contribution in [0.5, 0.6) is 5.75 Å². The third-order valence-electron chi connectivity index (χ3n) is 6.42. The summed E-state index contributed by atoms with van der Waals surface area (Å²) in [4.78, 5) is 34.8. The lowest BCUT2D eigenvalue weighted by Gasteiger charge is -2.33. The van der Waals surface area contributed by atoms with Crippen LogP contribution in [0.4, 0.5) is 0 Å². The zero-order valence-corrected chi connectivity index (χ0v) is 18.5. The van der Waals surface area contributed by atoms with Gasteiger partial charge in [-0.1, -0.05) is 6.07 Å². The Morgan fingerprint density at radius 1 is 0.935 bits per heavy atom. The highest BCUT2D eigenvalue weighted by molar-refractivity contribution is 5.96. The molecule has 4 rings (SSSR count). The van der Waals surface area contributed by atoms with E-state index in [0.717, 1.165) is 55.7 Å². The van der Waals surface area contributed by atoms with Crippen LogP contribution in [0.2, 0.25) is 0 Å². The first-order chi connectivity index (χ1) is 15.1. The fourth-order valence-electron chi connectivity index (χ4n) is 4.63. The molecule has 0 spiro atoms. The van der Waals surface area contributed by atoms with Crippen LogP contribution in [-0.2, 0) is 0 Å². The molecule has 0 aliphatic carbocycles. The number of pyridine rings is 1. The van der Waals surface area contributed by atoms with Crippen molar-refractivity contribution >= 4 is 11.8 Å². The van der Waals surface area contributed by atoms with E-state index in [1.807, 2.05) is 47.1 Å². The molecule has 31 heavy (non-hydrogen) atoms. The van der Waals surface area contributed by atoms with E-state index in [1.54, 1.807) is 13.2 Å². The number of carbonyl (C=O) groups excluding carboxylic acids is 2. The number of methoxy groups -OCH3 is 1. The maximum atomic E-state index is 13.2. The van der Waals surface area contributed by atoms with Crippen LogP contribution < -0.4 is 4.74 Å². The average molecular weight is 422 g/mol. The number of ether oxygens (including phenoxy) is 1. The van der Waals surface area contributed by atoms with E-state index in [1.165, 1.54) is 6.42 Å². The van der Waals surface area contributed by atoms with Crippen molar-refractivity contribution in [2.75, 3.05) is 33.3 Å². The Kier molecular flexibility index (Phi) is 6.54. The third-order valence-corrected chi connectivity index (χ3v) is 6.42. The smallest absolute Gasteiger partial charge is 0.255 e. The predicted molar refractivity (Wildman–Crippen MR) is 120 cm³/mol. The molecule has 2 amide bonds. The molecule has 164 valence electrons. The number of carbonyl (C=O) groups is 2. The van der Waals surface area contributed by atoms with Crippen LogP contribution in [-0.4, -0.2) is 59.9 Å². The normalized spacial score (nSPS) is 17.5. The van der Waals surface area contributed by atoms with E-state index < -0.39 is 0 Å². The lowest BCUT2D eigenvalue weighted by atomic mass is 9.89. The minimum Gasteiger partial charge on any atom is -0.497 e. The summed E-state index contributed by atoms with van der Waals surface area (Å²) in [5.41, 5.74) is 3.22. The van der Waals surface area contributed by atoms with Crippen molar-refractivity contribution in [3.63, 3.8) is 0 Å². The molecule has 0 unspecified atom stereocenters. The number of likely N-dealkylation sites (tertiary alicyclic amines) is 2. The van der Waals surface area contributed by atoms with Crippen LogP contribution in [0, 0.1) is 6.92 Å². The Morgan fingerprint density at radius 3 is 2.35 bits per heavy atom. The van der Waals surface area contributed by atoms with Crippen molar-refractivity contribution in [2.24, 2.45) is 0 Å². The van der Waals surface area contributed by atoms with Crippen molar-refractivity contribution in [3.05, 3.63) is 58.9 Å². The van der Waals surface area contributed by atoms with Gasteiger partial charge in [0.05, 0.1) is 18.4 Å². The van der Waals surface area contributed by atoms with Gasteiger partial charge in [-0.05, 0) is 69.4 Å². The summed E-state index contributed by atoms with van der Waals surface area (Å²) in [5, 5.41) is 0. The zero-order chi connectivity index (χ0) is 21.8. The molecule has 0 bridgehead atoms. The molecule has 6 nitrogen and oxygen atoms in total. The summed E-state index contributed by atoms with van der Waals surface area (Å²) in [6.45, 7) is 4.96. The van der Waals surface area contributed by atoms with Crippen LogP contribution in [0.15, 0.2) is 36.4 Å². The SMILES string of the molecule is COc1cccc(C(=O)N2CCC(c3nc(C)ccc3C(=O)N3CCCCC3)CC2)c1. The predicted octanol–water partition coefficient (Wildman–Crippen LogP) is 4.04. The fraction of sp³-hybridized carbons (Fsp3) is 0.480. The fourth-order valence-corrected chi connectivity index (χ4v) is 4.63. The van der Waals surface area contributed by atoms with E-state index in [2.05, 4.69) is 0 Å². The lowest BCUT2D eigenvalue weighted by Crippen LogP contribution is -2.39. The Bertz CT molecular complexity index is 945. The minimum atomic E-state index is 0.0270. The maximum absolute atomic E-state index is 13.2. The first-order valence-corrected chi connectivity index (χ1v) is 11.3. The molecule has 2 aliphatic heterocycles. The molecule has 3 heterocycles. The second-order valence-corrected chi connectivity index (χ2v) is 8.54. The van der Waals surface area contributed by atoms with E-state index in [0.29, 0.717) is 24.4 Å². The molecule has 2 aliphatic rings. The Hall–Kier alpha value is -2.89. The highest BCUT2D eigenvalue weighted by Crippen LogP contribution is 2.31. The molecule has 2 aromatic rings. The Labute approximate surface area is 184 Å². The van der Waals surface area contributed by atoms with Crippen LogP contribution in [0.3, 0.4) is 0 Å². The van der Waals surface area contributed by atoms with Crippen LogP contribution in [0.1, 0.15) is 70.1 Å². The number of aromatic nitrogens is 1. The summed E-state index contributed by atoms with van der Waals surface area (Å²) in [6.07, 6.45) is 4.97. The van der Waals surface area contributed by atoms with Gasteiger partial charge in [0.1, 0.15) is 5.75 Å². The van der Waals surface area contributed by atoms with Gasteiger partial charge in [-0.25, -0.2) is 0 Å². The maximum Gasteiger partial charge on any atom is 0.255 e. The summed E-state index contributed by atoms with van der Waals surface area (Å²) in [6, 6.07) is 11.2. The van der Waals surface area contributed by atoms with Crippen LogP contribution in [0.25, 0.3) is 0 Å². The quantitative estimate of drug-likeness (QED) is 0.747. The Morgan fingerprint density at radius 2 is 1.65 bits per heavy atom. The monoisotopic (exact) mass is 421 g/mol. The van der Waals surface area contributed by atoms with E-state index in [4.69, 9.17) is 9.72 Å². The van der Waals surface area contributed by atoms with Crippen LogP contribution >= 0.6 is 0 Å². The van der Waals surface area contributed by atoms with Gasteiger partial charge in [-0.3, -0.25) is 14.6 Å². The number of aryl methyl sites for hydroxylation is 1. The van der Waals surface area contributed by atoms with Crippen molar-refractivity contribution in [1.82, 2.24) is 14.8 Å². The number of benzene rings is 1. The Balaban J connectivity index is 1.47. The van der Waals surface area contributed by atoms with Crippen molar-refractivity contribution in [1.29, 1.82) is 0 Å². The second kappa shape index (κ2) is 9.50. The summed E-state index contributed by atoms with van der Waals surface area (Å²) >= 11 is 0. The zero-order valence-electron chi connectivity index (χ0n) is 18.5. The first kappa shape index (κ1) is 21.3. The number of hydrogen-bond donors (Lipinski definition) is 0. The number of hydrogen-bond acceptors (Lipinski definition) is 4. The van der Waals surface area contributed by atoms with Gasteiger partial charge in [0.2, 0.25) is 0 Å². The summed E-state index contributed by atoms with van der Waals surface area (Å²) in [7, 11) is 1.60. The van der Waals surface area contributed by atoms with E-state index in [9.17, 15) is 9.59 Å². The van der Waals surface area contributed by atoms with Gasteiger partial charge in [0, 0.05) is 43.4 Å². The number of rotatable bonds is 4. The molecular weight excluding hydrogens is 390 g/mol. The number of piperidine rings is 2. The summed E-state index contributed by atoms with van der Waals surface area (Å²) < 4.78 is 5.25. The third kappa shape index (κ3) is 4.73. The molecule has 2 saturated heterocycles. The van der Waals surface area contributed by atoms with Crippen molar-refractivity contribution in [2.45, 2.75) is 44.9 Å². The standard InChI is InChI=1S/C25H31N3O3/c1-18-9-10-22(25(30)27-13-4-3-5-14-27)23(26-18)19-11-15-28(16-12-19)24(29)20-7-6-8-21(17-20)31-2/h6-10,17,19H,3-5,11-16H2,1-2H3. The topological polar surface area (TPSA) is 62.7 Å². The first-order valence-electron chi connectivity index (χ1n) is 11.3. The molecule has 0 atom stereocenters. The lowest BCUT2D eigenvalue weighted by molar-refractivity contribution is 0.0695. The highest BCUT2D eigenvalue weighted by atomic mass is 16.5. The highest BCUT2D eigenvalue weighted by Gasteiger charge is 2.30. The number of nitrogens with zero attached hydrogens (tertiary/aromatic N) is 3. The van der Waals surface area contributed by atoms with Gasteiger partial charge in [-0.15, -0.1) is 0 Å². The van der Waals surface area contributed by atoms with Gasteiger partial charge in [0.25, 0.3) is 11.8 Å². The van der Waals surface area contributed by atoms with Gasteiger partial charge >= 0.3 is 0 Å². The molecule has 6 heteroatoms. The molecule has 1 aromatic carbocycles. The molecule has 2 fully saturated rings. The number of amides is 2. The largest absolute Gasteiger partial charge is 0.497 e. The molecular formula is C25H31N3O3. The van der Waals surface area contributed by atoms with Crippen molar-refractivity contribution in [3.8, 4) is 5.75 Å². The second-order valence-electron chi connectivity index (χ2n) is 8.54. The van der Waals surface area contributed by atoms with Crippen molar-refractivity contribution < 1.29 is 14.3 Å². The van der Waals surface area contributed by atoms with Gasteiger partial charge in [-0.2, -0.15) is 0 Å². The molecule has 0 saturated carbocycles. The van der Waals surface area contributed by atoms with Gasteiger partial charge < -0.3 is 14.5 Å². The van der Waals surface area contributed by atoms with E-state index in [-0.39, 0.29) is 17.7 Å². The van der Waals surface area contributed by atoms with E-state index >= 15 is 0 Å².